The highest BCUT2D eigenvalue weighted by Gasteiger charge is 2.27. The third-order valence-corrected chi connectivity index (χ3v) is 5.92. The van der Waals surface area contributed by atoms with Gasteiger partial charge >= 0.3 is 0 Å². The van der Waals surface area contributed by atoms with Crippen molar-refractivity contribution < 1.29 is 14.3 Å². The summed E-state index contributed by atoms with van der Waals surface area (Å²) in [6.45, 7) is 3.25. The van der Waals surface area contributed by atoms with E-state index in [0.29, 0.717) is 46.8 Å². The minimum atomic E-state index is -0.101. The van der Waals surface area contributed by atoms with Crippen LogP contribution in [0.4, 0.5) is 0 Å². The van der Waals surface area contributed by atoms with Gasteiger partial charge in [-0.2, -0.15) is 4.98 Å². The van der Waals surface area contributed by atoms with Crippen molar-refractivity contribution >= 4 is 17.7 Å². The van der Waals surface area contributed by atoms with E-state index in [1.807, 2.05) is 30.0 Å². The Morgan fingerprint density at radius 3 is 2.65 bits per heavy atom. The first-order valence-corrected chi connectivity index (χ1v) is 11.1. The number of carbonyl (C=O) groups excluding carboxylic acids is 1. The van der Waals surface area contributed by atoms with E-state index in [0.717, 1.165) is 12.2 Å². The molecular weight excluding hydrogens is 412 g/mol. The molecule has 0 saturated heterocycles. The molecule has 1 aromatic carbocycles. The Hall–Kier alpha value is -3.13. The number of rotatable bonds is 6. The lowest BCUT2D eigenvalue weighted by Crippen LogP contribution is -2.36. The molecule has 0 spiro atoms. The van der Waals surface area contributed by atoms with E-state index in [-0.39, 0.29) is 5.91 Å². The number of amides is 1. The molecule has 0 aliphatic carbocycles. The number of benzene rings is 1. The highest BCUT2D eigenvalue weighted by Crippen LogP contribution is 2.33. The quantitative estimate of drug-likeness (QED) is 0.429. The summed E-state index contributed by atoms with van der Waals surface area (Å²) in [6.07, 6.45) is 2.45. The molecule has 8 heteroatoms. The molecule has 3 aromatic rings. The Morgan fingerprint density at radius 1 is 1.10 bits per heavy atom. The number of ether oxygens (including phenoxy) is 2. The van der Waals surface area contributed by atoms with Gasteiger partial charge in [0.05, 0.1) is 31.0 Å². The lowest BCUT2D eigenvalue weighted by molar-refractivity contribution is 0.0734. The first kappa shape index (κ1) is 21.1. The Kier molecular flexibility index (Phi) is 6.36. The van der Waals surface area contributed by atoms with Gasteiger partial charge in [-0.3, -0.25) is 4.79 Å². The Balaban J connectivity index is 1.76. The molecule has 0 atom stereocenters. The first-order valence-electron chi connectivity index (χ1n) is 10.1. The van der Waals surface area contributed by atoms with E-state index < -0.39 is 0 Å². The van der Waals surface area contributed by atoms with Gasteiger partial charge in [0.15, 0.2) is 5.16 Å². The van der Waals surface area contributed by atoms with Crippen molar-refractivity contribution in [2.24, 2.45) is 0 Å². The maximum atomic E-state index is 13.5. The third-order valence-electron chi connectivity index (χ3n) is 5.18. The van der Waals surface area contributed by atoms with Crippen LogP contribution in [0.5, 0.6) is 11.8 Å². The summed E-state index contributed by atoms with van der Waals surface area (Å²) in [7, 11) is 3.09. The van der Waals surface area contributed by atoms with Crippen molar-refractivity contribution in [1.29, 1.82) is 0 Å². The molecule has 3 heterocycles. The first-order chi connectivity index (χ1) is 15.1. The van der Waals surface area contributed by atoms with E-state index >= 15 is 0 Å². The van der Waals surface area contributed by atoms with Crippen LogP contribution in [0.3, 0.4) is 0 Å². The lowest BCUT2D eigenvalue weighted by atomic mass is 9.99. The molecule has 0 radical (unpaired) electrons. The van der Waals surface area contributed by atoms with Gasteiger partial charge in [0.2, 0.25) is 11.8 Å². The molecule has 1 aliphatic rings. The van der Waals surface area contributed by atoms with Crippen molar-refractivity contribution in [3.63, 3.8) is 0 Å². The maximum absolute atomic E-state index is 13.5. The minimum Gasteiger partial charge on any atom is -0.481 e. The fourth-order valence-corrected chi connectivity index (χ4v) is 4.18. The van der Waals surface area contributed by atoms with Crippen LogP contribution in [-0.4, -0.2) is 52.3 Å². The number of nitrogens with zero attached hydrogens (tertiary/aromatic N) is 4. The van der Waals surface area contributed by atoms with Crippen molar-refractivity contribution in [3.05, 3.63) is 59.3 Å². The molecule has 4 rings (SSSR count). The summed E-state index contributed by atoms with van der Waals surface area (Å²) < 4.78 is 10.7. The predicted octanol–water partition coefficient (Wildman–Crippen LogP) is 3.87. The second-order valence-electron chi connectivity index (χ2n) is 7.00. The number of aromatic nitrogens is 3. The number of fused-ring (bicyclic) bond motifs is 1. The average molecular weight is 437 g/mol. The highest BCUT2D eigenvalue weighted by molar-refractivity contribution is 7.99. The molecule has 0 fully saturated rings. The molecule has 0 unspecified atom stereocenters. The SMILES string of the molecule is CCSc1ncc(C(=O)N2CCc3ccccc3C2)c(-c2ccc(OC)nc2OC)n1. The van der Waals surface area contributed by atoms with Crippen molar-refractivity contribution in [2.75, 3.05) is 26.5 Å². The van der Waals surface area contributed by atoms with Gasteiger partial charge < -0.3 is 14.4 Å². The van der Waals surface area contributed by atoms with Crippen LogP contribution in [0.2, 0.25) is 0 Å². The number of hydrogen-bond acceptors (Lipinski definition) is 7. The summed E-state index contributed by atoms with van der Waals surface area (Å²) >= 11 is 1.52. The largest absolute Gasteiger partial charge is 0.481 e. The Bertz CT molecular complexity index is 1110. The fourth-order valence-electron chi connectivity index (χ4n) is 3.64. The van der Waals surface area contributed by atoms with Gasteiger partial charge in [0.25, 0.3) is 5.91 Å². The van der Waals surface area contributed by atoms with Gasteiger partial charge in [0, 0.05) is 25.4 Å². The van der Waals surface area contributed by atoms with Gasteiger partial charge in [-0.1, -0.05) is 43.0 Å². The zero-order valence-corrected chi connectivity index (χ0v) is 18.6. The average Bonchev–Trinajstić information content (AvgIpc) is 2.83. The second kappa shape index (κ2) is 9.34. The van der Waals surface area contributed by atoms with Crippen molar-refractivity contribution in [3.8, 4) is 23.0 Å². The number of hydrogen-bond donors (Lipinski definition) is 0. The highest BCUT2D eigenvalue weighted by atomic mass is 32.2. The molecular formula is C23H24N4O3S. The topological polar surface area (TPSA) is 77.4 Å². The maximum Gasteiger partial charge on any atom is 0.257 e. The zero-order chi connectivity index (χ0) is 21.8. The van der Waals surface area contributed by atoms with Crippen LogP contribution in [0, 0.1) is 0 Å². The Morgan fingerprint density at radius 2 is 1.90 bits per heavy atom. The molecule has 0 N–H and O–H groups in total. The number of carbonyl (C=O) groups is 1. The summed E-state index contributed by atoms with van der Waals surface area (Å²) in [5.41, 5.74) is 4.04. The zero-order valence-electron chi connectivity index (χ0n) is 17.8. The van der Waals surface area contributed by atoms with Gasteiger partial charge in [0.1, 0.15) is 0 Å². The fraction of sp³-hybridized carbons (Fsp3) is 0.304. The smallest absolute Gasteiger partial charge is 0.257 e. The molecule has 31 heavy (non-hydrogen) atoms. The van der Waals surface area contributed by atoms with Crippen molar-refractivity contribution in [2.45, 2.75) is 25.0 Å². The van der Waals surface area contributed by atoms with Crippen LogP contribution in [-0.2, 0) is 13.0 Å². The molecule has 2 aromatic heterocycles. The number of methoxy groups -OCH3 is 2. The monoisotopic (exact) mass is 436 g/mol. The molecule has 160 valence electrons. The van der Waals surface area contributed by atoms with Gasteiger partial charge in [-0.05, 0) is 29.4 Å². The van der Waals surface area contributed by atoms with Crippen LogP contribution in [0.1, 0.15) is 28.4 Å². The summed E-state index contributed by atoms with van der Waals surface area (Å²) in [4.78, 5) is 28.9. The van der Waals surface area contributed by atoms with Gasteiger partial charge in [-0.15, -0.1) is 0 Å². The van der Waals surface area contributed by atoms with Crippen LogP contribution in [0.25, 0.3) is 11.3 Å². The lowest BCUT2D eigenvalue weighted by Gasteiger charge is -2.29. The molecule has 0 bridgehead atoms. The van der Waals surface area contributed by atoms with Gasteiger partial charge in [-0.25, -0.2) is 9.97 Å². The van der Waals surface area contributed by atoms with E-state index in [2.05, 4.69) is 22.1 Å². The molecule has 1 aliphatic heterocycles. The normalized spacial score (nSPS) is 12.9. The molecule has 7 nitrogen and oxygen atoms in total. The minimum absolute atomic E-state index is 0.101. The van der Waals surface area contributed by atoms with Crippen molar-refractivity contribution in [1.82, 2.24) is 19.9 Å². The predicted molar refractivity (Wildman–Crippen MR) is 120 cm³/mol. The van der Waals surface area contributed by atoms with E-state index in [1.54, 1.807) is 19.4 Å². The summed E-state index contributed by atoms with van der Waals surface area (Å²) in [5.74, 6) is 1.51. The van der Waals surface area contributed by atoms with E-state index in [9.17, 15) is 4.79 Å². The van der Waals surface area contributed by atoms with E-state index in [4.69, 9.17) is 14.5 Å². The Labute approximate surface area is 185 Å². The van der Waals surface area contributed by atoms with Crippen LogP contribution >= 0.6 is 11.8 Å². The molecule has 0 saturated carbocycles. The number of pyridine rings is 1. The molecule has 1 amide bonds. The van der Waals surface area contributed by atoms with Crippen LogP contribution in [0.15, 0.2) is 47.8 Å². The third kappa shape index (κ3) is 4.34. The van der Waals surface area contributed by atoms with E-state index in [1.165, 1.54) is 30.0 Å². The summed E-state index contributed by atoms with van der Waals surface area (Å²) in [5, 5.41) is 0.607. The number of thioether (sulfide) groups is 1. The standard InChI is InChI=1S/C23H24N4O3S/c1-4-31-23-24-13-18(20(26-23)17-9-10-19(29-2)25-21(17)30-3)22(28)27-12-11-15-7-5-6-8-16(15)14-27/h5-10,13H,4,11-12,14H2,1-3H3. The van der Waals surface area contributed by atoms with Crippen LogP contribution < -0.4 is 9.47 Å². The second-order valence-corrected chi connectivity index (χ2v) is 8.23. The summed E-state index contributed by atoms with van der Waals surface area (Å²) in [6, 6.07) is 11.8.